The standard InChI is InChI=1S/C15H13Cl2N3O3S/c1-19-13-6-4-10(8-14(13)20(2)15(19)21)24(22,23)18-12-7-9(16)3-5-11(12)17/h3-8,18H,1-2H3. The van der Waals surface area contributed by atoms with Gasteiger partial charge in [0.15, 0.2) is 0 Å². The molecule has 0 saturated carbocycles. The summed E-state index contributed by atoms with van der Waals surface area (Å²) >= 11 is 11.9. The van der Waals surface area contributed by atoms with Crippen LogP contribution >= 0.6 is 23.2 Å². The molecule has 1 heterocycles. The first-order valence-electron chi connectivity index (χ1n) is 6.84. The molecule has 0 spiro atoms. The maximum atomic E-state index is 12.6. The molecule has 6 nitrogen and oxygen atoms in total. The molecule has 0 atom stereocenters. The molecular weight excluding hydrogens is 373 g/mol. The molecule has 1 aromatic heterocycles. The van der Waals surface area contributed by atoms with E-state index in [1.165, 1.54) is 33.4 Å². The van der Waals surface area contributed by atoms with Gasteiger partial charge < -0.3 is 0 Å². The van der Waals surface area contributed by atoms with E-state index in [2.05, 4.69) is 4.72 Å². The molecule has 0 aliphatic heterocycles. The van der Waals surface area contributed by atoms with Gasteiger partial charge in [-0.15, -0.1) is 0 Å². The van der Waals surface area contributed by atoms with Crippen LogP contribution in [0.1, 0.15) is 0 Å². The Bertz CT molecular complexity index is 1120. The van der Waals surface area contributed by atoms with Crippen molar-refractivity contribution in [3.8, 4) is 0 Å². The molecule has 0 saturated heterocycles. The van der Waals surface area contributed by atoms with Crippen molar-refractivity contribution >= 4 is 49.9 Å². The third kappa shape index (κ3) is 2.79. The summed E-state index contributed by atoms with van der Waals surface area (Å²) < 4.78 is 30.5. The van der Waals surface area contributed by atoms with E-state index < -0.39 is 10.0 Å². The Morgan fingerprint density at radius 1 is 0.958 bits per heavy atom. The largest absolute Gasteiger partial charge is 0.328 e. The highest BCUT2D eigenvalue weighted by Crippen LogP contribution is 2.28. The predicted octanol–water partition coefficient (Wildman–Crippen LogP) is 2.98. The number of imidazole rings is 1. The van der Waals surface area contributed by atoms with Gasteiger partial charge in [0.2, 0.25) is 0 Å². The van der Waals surface area contributed by atoms with Crippen LogP contribution in [0.15, 0.2) is 46.1 Å². The third-order valence-corrected chi connectivity index (χ3v) is 5.65. The van der Waals surface area contributed by atoms with Crippen LogP contribution in [0.2, 0.25) is 10.0 Å². The zero-order chi connectivity index (χ0) is 17.6. The van der Waals surface area contributed by atoms with E-state index in [0.717, 1.165) is 0 Å². The van der Waals surface area contributed by atoms with Gasteiger partial charge in [0.1, 0.15) is 0 Å². The lowest BCUT2D eigenvalue weighted by molar-refractivity contribution is 0.601. The Morgan fingerprint density at radius 3 is 2.33 bits per heavy atom. The topological polar surface area (TPSA) is 73.1 Å². The molecule has 9 heteroatoms. The zero-order valence-electron chi connectivity index (χ0n) is 12.7. The first-order chi connectivity index (χ1) is 11.2. The molecule has 0 fully saturated rings. The molecule has 1 N–H and O–H groups in total. The fourth-order valence-corrected chi connectivity index (χ4v) is 3.92. The Morgan fingerprint density at radius 2 is 1.62 bits per heavy atom. The van der Waals surface area contributed by atoms with Crippen LogP contribution in [0, 0.1) is 0 Å². The van der Waals surface area contributed by atoms with Crippen molar-refractivity contribution in [1.82, 2.24) is 9.13 Å². The Kier molecular flexibility index (Phi) is 4.11. The van der Waals surface area contributed by atoms with Crippen molar-refractivity contribution < 1.29 is 8.42 Å². The second-order valence-corrected chi connectivity index (χ2v) is 7.81. The second-order valence-electron chi connectivity index (χ2n) is 5.28. The maximum absolute atomic E-state index is 12.6. The van der Waals surface area contributed by atoms with Crippen LogP contribution < -0.4 is 10.4 Å². The number of benzene rings is 2. The normalized spacial score (nSPS) is 11.8. The quantitative estimate of drug-likeness (QED) is 0.752. The number of rotatable bonds is 3. The summed E-state index contributed by atoms with van der Waals surface area (Å²) in [4.78, 5) is 12.0. The number of aryl methyl sites for hydroxylation is 2. The van der Waals surface area contributed by atoms with Crippen LogP contribution in [0.25, 0.3) is 11.0 Å². The lowest BCUT2D eigenvalue weighted by Crippen LogP contribution is -2.19. The van der Waals surface area contributed by atoms with Gasteiger partial charge in [-0.05, 0) is 36.4 Å². The number of anilines is 1. The highest BCUT2D eigenvalue weighted by Gasteiger charge is 2.18. The Balaban J connectivity index is 2.10. The minimum atomic E-state index is -3.88. The molecule has 126 valence electrons. The minimum Gasteiger partial charge on any atom is -0.295 e. The summed E-state index contributed by atoms with van der Waals surface area (Å²) in [6, 6.07) is 8.96. The number of hydrogen-bond acceptors (Lipinski definition) is 3. The predicted molar refractivity (Wildman–Crippen MR) is 95.4 cm³/mol. The summed E-state index contributed by atoms with van der Waals surface area (Å²) in [5, 5.41) is 0.592. The smallest absolute Gasteiger partial charge is 0.295 e. The molecule has 0 aliphatic carbocycles. The van der Waals surface area contributed by atoms with E-state index >= 15 is 0 Å². The van der Waals surface area contributed by atoms with Crippen molar-refractivity contribution in [1.29, 1.82) is 0 Å². The van der Waals surface area contributed by atoms with Gasteiger partial charge >= 0.3 is 5.69 Å². The highest BCUT2D eigenvalue weighted by atomic mass is 35.5. The van der Waals surface area contributed by atoms with E-state index in [1.54, 1.807) is 26.2 Å². The van der Waals surface area contributed by atoms with E-state index in [9.17, 15) is 13.2 Å². The lowest BCUT2D eigenvalue weighted by atomic mass is 10.3. The fraction of sp³-hybridized carbons (Fsp3) is 0.133. The summed E-state index contributed by atoms with van der Waals surface area (Å²) in [5.74, 6) is 0. The van der Waals surface area contributed by atoms with Crippen LogP contribution in [0.3, 0.4) is 0 Å². The molecule has 3 aromatic rings. The Hall–Kier alpha value is -1.96. The molecule has 0 bridgehead atoms. The van der Waals surface area contributed by atoms with E-state index in [1.807, 2.05) is 0 Å². The first-order valence-corrected chi connectivity index (χ1v) is 9.08. The van der Waals surface area contributed by atoms with Crippen LogP contribution in [0.4, 0.5) is 5.69 Å². The van der Waals surface area contributed by atoms with Crippen molar-refractivity contribution in [3.63, 3.8) is 0 Å². The van der Waals surface area contributed by atoms with Gasteiger partial charge in [0.05, 0.1) is 26.6 Å². The van der Waals surface area contributed by atoms with Crippen molar-refractivity contribution in [3.05, 3.63) is 56.9 Å². The van der Waals surface area contributed by atoms with E-state index in [4.69, 9.17) is 23.2 Å². The van der Waals surface area contributed by atoms with Crippen molar-refractivity contribution in [2.45, 2.75) is 4.90 Å². The first kappa shape index (κ1) is 16.9. The Labute approximate surface area is 148 Å². The van der Waals surface area contributed by atoms with Gasteiger partial charge in [-0.3, -0.25) is 13.9 Å². The van der Waals surface area contributed by atoms with Crippen LogP contribution in [-0.2, 0) is 24.1 Å². The van der Waals surface area contributed by atoms with Gasteiger partial charge in [-0.2, -0.15) is 0 Å². The van der Waals surface area contributed by atoms with Crippen LogP contribution in [-0.4, -0.2) is 17.6 Å². The maximum Gasteiger partial charge on any atom is 0.328 e. The number of nitrogens with one attached hydrogen (secondary N) is 1. The monoisotopic (exact) mass is 385 g/mol. The minimum absolute atomic E-state index is 0.0206. The number of nitrogens with zero attached hydrogens (tertiary/aromatic N) is 2. The van der Waals surface area contributed by atoms with E-state index in [0.29, 0.717) is 16.1 Å². The molecule has 2 aromatic carbocycles. The summed E-state index contributed by atoms with van der Waals surface area (Å²) in [6.45, 7) is 0. The van der Waals surface area contributed by atoms with Crippen molar-refractivity contribution in [2.24, 2.45) is 14.1 Å². The van der Waals surface area contributed by atoms with Gasteiger partial charge in [0.25, 0.3) is 10.0 Å². The number of aromatic nitrogens is 2. The van der Waals surface area contributed by atoms with Gasteiger partial charge in [-0.25, -0.2) is 13.2 Å². The summed E-state index contributed by atoms with van der Waals surface area (Å²) in [7, 11) is -0.669. The molecule has 0 amide bonds. The van der Waals surface area contributed by atoms with Gasteiger partial charge in [-0.1, -0.05) is 23.2 Å². The number of sulfonamides is 1. The molecular formula is C15H13Cl2N3O3S. The average molecular weight is 386 g/mol. The van der Waals surface area contributed by atoms with Crippen LogP contribution in [0.5, 0.6) is 0 Å². The summed E-state index contributed by atoms with van der Waals surface area (Å²) in [5.41, 5.74) is 1.11. The molecule has 3 rings (SSSR count). The van der Waals surface area contributed by atoms with Gasteiger partial charge in [0, 0.05) is 19.1 Å². The molecule has 0 unspecified atom stereocenters. The number of hydrogen-bond donors (Lipinski definition) is 1. The molecule has 24 heavy (non-hydrogen) atoms. The third-order valence-electron chi connectivity index (χ3n) is 3.73. The SMILES string of the molecule is Cn1c(=O)n(C)c2cc(S(=O)(=O)Nc3cc(Cl)ccc3Cl)ccc21. The molecule has 0 radical (unpaired) electrons. The fourth-order valence-electron chi connectivity index (χ4n) is 2.43. The molecule has 0 aliphatic rings. The highest BCUT2D eigenvalue weighted by molar-refractivity contribution is 7.92. The summed E-state index contributed by atoms with van der Waals surface area (Å²) in [6.07, 6.45) is 0. The zero-order valence-corrected chi connectivity index (χ0v) is 15.1. The average Bonchev–Trinajstić information content (AvgIpc) is 2.75. The lowest BCUT2D eigenvalue weighted by Gasteiger charge is -2.10. The number of halogens is 2. The second kappa shape index (κ2) is 5.84. The van der Waals surface area contributed by atoms with E-state index in [-0.39, 0.29) is 21.3 Å². The number of fused-ring (bicyclic) bond motifs is 1. The van der Waals surface area contributed by atoms with Crippen molar-refractivity contribution in [2.75, 3.05) is 4.72 Å².